The number of nitro groups is 1. The molecule has 0 radical (unpaired) electrons. The second kappa shape index (κ2) is 6.03. The van der Waals surface area contributed by atoms with E-state index in [1.807, 2.05) is 0 Å². The van der Waals surface area contributed by atoms with E-state index in [0.29, 0.717) is 36.8 Å². The van der Waals surface area contributed by atoms with Crippen LogP contribution in [0.5, 0.6) is 0 Å². The van der Waals surface area contributed by atoms with Crippen LogP contribution in [0.4, 0.5) is 5.69 Å². The number of rotatable bonds is 3. The van der Waals surface area contributed by atoms with Crippen molar-refractivity contribution in [1.82, 2.24) is 4.90 Å². The number of nitrogens with zero attached hydrogens (tertiary/aromatic N) is 2. The molecule has 0 atom stereocenters. The molecule has 0 heterocycles. The van der Waals surface area contributed by atoms with Gasteiger partial charge in [0.25, 0.3) is 11.6 Å². The predicted octanol–water partition coefficient (Wildman–Crippen LogP) is 2.49. The molecule has 1 aromatic rings. The minimum atomic E-state index is -0.481. The summed E-state index contributed by atoms with van der Waals surface area (Å²) in [6.07, 6.45) is 2.32. The Bertz CT molecular complexity index is 587. The normalized spacial score (nSPS) is 15.8. The van der Waals surface area contributed by atoms with Crippen molar-refractivity contribution >= 4 is 17.4 Å². The van der Waals surface area contributed by atoms with Crippen LogP contribution in [-0.4, -0.2) is 34.6 Å². The Morgan fingerprint density at radius 2 is 1.95 bits per heavy atom. The molecule has 1 fully saturated rings. The molecule has 1 aromatic carbocycles. The summed E-state index contributed by atoms with van der Waals surface area (Å²) in [5, 5.41) is 10.9. The Balaban J connectivity index is 2.17. The molecular formula is C15H18N2O4. The fourth-order valence-electron chi connectivity index (χ4n) is 2.62. The van der Waals surface area contributed by atoms with E-state index in [-0.39, 0.29) is 23.4 Å². The summed E-state index contributed by atoms with van der Waals surface area (Å²) in [7, 11) is 1.69. The minimum absolute atomic E-state index is 0.0237. The van der Waals surface area contributed by atoms with Crippen molar-refractivity contribution in [2.75, 3.05) is 7.05 Å². The number of amides is 1. The monoisotopic (exact) mass is 290 g/mol. The molecule has 2 rings (SSSR count). The van der Waals surface area contributed by atoms with E-state index < -0.39 is 4.92 Å². The average molecular weight is 290 g/mol. The Morgan fingerprint density at radius 1 is 1.33 bits per heavy atom. The number of hydrogen-bond donors (Lipinski definition) is 0. The van der Waals surface area contributed by atoms with Crippen LogP contribution in [0.2, 0.25) is 0 Å². The third-order valence-electron chi connectivity index (χ3n) is 4.03. The van der Waals surface area contributed by atoms with Crippen molar-refractivity contribution in [2.45, 2.75) is 38.6 Å². The number of carbonyl (C=O) groups is 2. The summed E-state index contributed by atoms with van der Waals surface area (Å²) in [6.45, 7) is 1.64. The molecule has 1 amide bonds. The van der Waals surface area contributed by atoms with Crippen molar-refractivity contribution in [2.24, 2.45) is 0 Å². The molecule has 1 saturated carbocycles. The fraction of sp³-hybridized carbons (Fsp3) is 0.467. The van der Waals surface area contributed by atoms with Crippen LogP contribution in [0.25, 0.3) is 0 Å². The molecule has 0 aromatic heterocycles. The summed E-state index contributed by atoms with van der Waals surface area (Å²) < 4.78 is 0. The summed E-state index contributed by atoms with van der Waals surface area (Å²) >= 11 is 0. The maximum atomic E-state index is 12.4. The van der Waals surface area contributed by atoms with E-state index in [4.69, 9.17) is 0 Å². The Morgan fingerprint density at radius 3 is 2.52 bits per heavy atom. The highest BCUT2D eigenvalue weighted by molar-refractivity contribution is 5.95. The van der Waals surface area contributed by atoms with Gasteiger partial charge in [-0.1, -0.05) is 6.07 Å². The van der Waals surface area contributed by atoms with Crippen LogP contribution >= 0.6 is 0 Å². The highest BCUT2D eigenvalue weighted by Gasteiger charge is 2.26. The van der Waals surface area contributed by atoms with Crippen molar-refractivity contribution in [1.29, 1.82) is 0 Å². The lowest BCUT2D eigenvalue weighted by Crippen LogP contribution is -2.39. The fourth-order valence-corrected chi connectivity index (χ4v) is 2.62. The van der Waals surface area contributed by atoms with Crippen molar-refractivity contribution in [3.63, 3.8) is 0 Å². The van der Waals surface area contributed by atoms with Gasteiger partial charge in [-0.05, 0) is 25.8 Å². The molecule has 0 bridgehead atoms. The van der Waals surface area contributed by atoms with Gasteiger partial charge in [0, 0.05) is 43.1 Å². The van der Waals surface area contributed by atoms with Gasteiger partial charge in [-0.25, -0.2) is 0 Å². The molecule has 6 heteroatoms. The zero-order valence-corrected chi connectivity index (χ0v) is 12.2. The number of nitro benzene ring substituents is 1. The zero-order chi connectivity index (χ0) is 15.6. The lowest BCUT2D eigenvalue weighted by molar-refractivity contribution is -0.385. The summed E-state index contributed by atoms with van der Waals surface area (Å²) in [6, 6.07) is 4.54. The van der Waals surface area contributed by atoms with E-state index in [0.717, 1.165) is 0 Å². The molecule has 112 valence electrons. The maximum Gasteiger partial charge on any atom is 0.273 e. The number of benzene rings is 1. The first-order valence-electron chi connectivity index (χ1n) is 6.94. The molecular weight excluding hydrogens is 272 g/mol. The quantitative estimate of drug-likeness (QED) is 0.632. The number of aryl methyl sites for hydroxylation is 1. The molecule has 0 aliphatic heterocycles. The number of ketones is 1. The molecule has 1 aliphatic carbocycles. The van der Waals surface area contributed by atoms with Crippen LogP contribution in [0, 0.1) is 17.0 Å². The largest absolute Gasteiger partial charge is 0.339 e. The molecule has 0 spiro atoms. The van der Waals surface area contributed by atoms with Crippen LogP contribution in [0.15, 0.2) is 18.2 Å². The van der Waals surface area contributed by atoms with Gasteiger partial charge in [0.2, 0.25) is 0 Å². The van der Waals surface area contributed by atoms with Gasteiger partial charge in [0.1, 0.15) is 5.78 Å². The molecule has 0 unspecified atom stereocenters. The van der Waals surface area contributed by atoms with Crippen molar-refractivity contribution < 1.29 is 14.5 Å². The van der Waals surface area contributed by atoms with Gasteiger partial charge >= 0.3 is 0 Å². The lowest BCUT2D eigenvalue weighted by atomic mass is 9.93. The summed E-state index contributed by atoms with van der Waals surface area (Å²) in [4.78, 5) is 35.7. The highest BCUT2D eigenvalue weighted by atomic mass is 16.6. The van der Waals surface area contributed by atoms with Crippen LogP contribution < -0.4 is 0 Å². The molecule has 0 saturated heterocycles. The van der Waals surface area contributed by atoms with E-state index in [1.54, 1.807) is 31.0 Å². The van der Waals surface area contributed by atoms with E-state index in [1.165, 1.54) is 6.07 Å². The Kier molecular flexibility index (Phi) is 4.35. The highest BCUT2D eigenvalue weighted by Crippen LogP contribution is 2.24. The maximum absolute atomic E-state index is 12.4. The second-order valence-corrected chi connectivity index (χ2v) is 5.44. The predicted molar refractivity (Wildman–Crippen MR) is 77.2 cm³/mol. The van der Waals surface area contributed by atoms with Crippen molar-refractivity contribution in [3.05, 3.63) is 39.4 Å². The Hall–Kier alpha value is -2.24. The first-order chi connectivity index (χ1) is 9.90. The first-order valence-corrected chi connectivity index (χ1v) is 6.94. The number of hydrogen-bond acceptors (Lipinski definition) is 4. The molecule has 6 nitrogen and oxygen atoms in total. The van der Waals surface area contributed by atoms with Gasteiger partial charge in [-0.15, -0.1) is 0 Å². The minimum Gasteiger partial charge on any atom is -0.339 e. The van der Waals surface area contributed by atoms with Gasteiger partial charge in [-0.2, -0.15) is 0 Å². The molecule has 0 N–H and O–H groups in total. The van der Waals surface area contributed by atoms with E-state index >= 15 is 0 Å². The van der Waals surface area contributed by atoms with Gasteiger partial charge in [0.15, 0.2) is 0 Å². The smallest absolute Gasteiger partial charge is 0.273 e. The zero-order valence-electron chi connectivity index (χ0n) is 12.2. The Labute approximate surface area is 122 Å². The summed E-state index contributed by atoms with van der Waals surface area (Å²) in [5.74, 6) is -0.00415. The lowest BCUT2D eigenvalue weighted by Gasteiger charge is -2.30. The standard InChI is InChI=1S/C15H18N2O4/c1-10-3-4-11(9-14(10)17(20)21)15(19)16(2)12-5-7-13(18)8-6-12/h3-4,9,12H,5-8H2,1-2H3. The van der Waals surface area contributed by atoms with Gasteiger partial charge in [0.05, 0.1) is 4.92 Å². The molecule has 21 heavy (non-hydrogen) atoms. The SMILES string of the molecule is Cc1ccc(C(=O)N(C)C2CCC(=O)CC2)cc1[N+](=O)[O-]. The van der Waals surface area contributed by atoms with Crippen LogP contribution in [0.1, 0.15) is 41.6 Å². The van der Waals surface area contributed by atoms with Crippen molar-refractivity contribution in [3.8, 4) is 0 Å². The third kappa shape index (κ3) is 3.26. The van der Waals surface area contributed by atoms with Gasteiger partial charge < -0.3 is 4.90 Å². The third-order valence-corrected chi connectivity index (χ3v) is 4.03. The second-order valence-electron chi connectivity index (χ2n) is 5.44. The number of carbonyl (C=O) groups excluding carboxylic acids is 2. The number of Topliss-reactive ketones (excluding diaryl/α,β-unsaturated/α-hetero) is 1. The van der Waals surface area contributed by atoms with Crippen LogP contribution in [0.3, 0.4) is 0 Å². The summed E-state index contributed by atoms with van der Waals surface area (Å²) in [5.41, 5.74) is 0.794. The van der Waals surface area contributed by atoms with Crippen LogP contribution in [-0.2, 0) is 4.79 Å². The topological polar surface area (TPSA) is 80.5 Å². The van der Waals surface area contributed by atoms with E-state index in [9.17, 15) is 19.7 Å². The average Bonchev–Trinajstić information content (AvgIpc) is 2.46. The first kappa shape index (κ1) is 15.2. The van der Waals surface area contributed by atoms with E-state index in [2.05, 4.69) is 0 Å². The van der Waals surface area contributed by atoms with Gasteiger partial charge in [-0.3, -0.25) is 19.7 Å². The molecule has 1 aliphatic rings.